The Morgan fingerprint density at radius 2 is 1.95 bits per heavy atom. The minimum Gasteiger partial charge on any atom is -0.493 e. The zero-order chi connectivity index (χ0) is 16.7. The van der Waals surface area contributed by atoms with Gasteiger partial charge in [0.15, 0.2) is 11.5 Å². The van der Waals surface area contributed by atoms with Gasteiger partial charge in [0.25, 0.3) is 5.69 Å². The number of rotatable bonds is 8. The topological polar surface area (TPSA) is 125 Å². The minimum atomic E-state index is -0.970. The van der Waals surface area contributed by atoms with Crippen LogP contribution in [0, 0.1) is 10.1 Å². The fraction of sp³-hybridized carbons (Fsp3) is 0.385. The molecule has 0 saturated carbocycles. The quantitative estimate of drug-likeness (QED) is 0.332. The summed E-state index contributed by atoms with van der Waals surface area (Å²) in [7, 11) is 2.42. The summed E-state index contributed by atoms with van der Waals surface area (Å²) in [5.74, 6) is -1.68. The Bertz CT molecular complexity index is 584. The fourth-order valence-electron chi connectivity index (χ4n) is 1.65. The van der Waals surface area contributed by atoms with Gasteiger partial charge in [-0.2, -0.15) is 0 Å². The number of nitro groups is 1. The van der Waals surface area contributed by atoms with E-state index < -0.39 is 22.5 Å². The number of nitrogens with zero attached hydrogens (tertiary/aromatic N) is 1. The molecule has 120 valence electrons. The van der Waals surface area contributed by atoms with E-state index in [-0.39, 0.29) is 36.5 Å². The molecule has 1 aromatic carbocycles. The maximum Gasteiger partial charge on any atom is 0.345 e. The van der Waals surface area contributed by atoms with Gasteiger partial charge in [-0.05, 0) is 6.42 Å². The van der Waals surface area contributed by atoms with Gasteiger partial charge in [0.2, 0.25) is 0 Å². The van der Waals surface area contributed by atoms with Crippen molar-refractivity contribution in [2.75, 3.05) is 20.8 Å². The Balaban J connectivity index is 3.06. The molecular weight excluding hydrogens is 298 g/mol. The molecule has 0 aliphatic carbocycles. The minimum absolute atomic E-state index is 0.0391. The third kappa shape index (κ3) is 4.33. The van der Waals surface area contributed by atoms with Gasteiger partial charge in [-0.1, -0.05) is 0 Å². The first-order valence-corrected chi connectivity index (χ1v) is 6.20. The van der Waals surface area contributed by atoms with Crippen LogP contribution in [-0.4, -0.2) is 42.8 Å². The summed E-state index contributed by atoms with van der Waals surface area (Å²) >= 11 is 0. The molecule has 0 aromatic heterocycles. The van der Waals surface area contributed by atoms with Crippen molar-refractivity contribution in [1.29, 1.82) is 0 Å². The van der Waals surface area contributed by atoms with E-state index in [1.807, 2.05) is 0 Å². The third-order valence-electron chi connectivity index (χ3n) is 2.68. The number of nitro benzene ring substituents is 1. The molecule has 0 unspecified atom stereocenters. The Kier molecular flexibility index (Phi) is 6.11. The van der Waals surface area contributed by atoms with E-state index >= 15 is 0 Å². The van der Waals surface area contributed by atoms with Crippen molar-refractivity contribution in [2.24, 2.45) is 0 Å². The van der Waals surface area contributed by atoms with E-state index in [4.69, 9.17) is 14.6 Å². The Hall–Kier alpha value is -2.84. The number of hydrogen-bond donors (Lipinski definition) is 1. The molecule has 0 aliphatic heterocycles. The van der Waals surface area contributed by atoms with Crippen LogP contribution in [0.1, 0.15) is 23.2 Å². The first-order valence-electron chi connectivity index (χ1n) is 6.20. The first kappa shape index (κ1) is 17.2. The van der Waals surface area contributed by atoms with E-state index in [0.29, 0.717) is 0 Å². The number of methoxy groups -OCH3 is 2. The number of aliphatic carboxylic acids is 1. The first-order chi connectivity index (χ1) is 10.4. The molecule has 0 heterocycles. The Morgan fingerprint density at radius 3 is 2.45 bits per heavy atom. The summed E-state index contributed by atoms with van der Waals surface area (Å²) in [5, 5.41) is 19.6. The summed E-state index contributed by atoms with van der Waals surface area (Å²) in [5.41, 5.74) is -0.747. The van der Waals surface area contributed by atoms with Crippen molar-refractivity contribution in [3.8, 4) is 11.5 Å². The summed E-state index contributed by atoms with van der Waals surface area (Å²) in [6, 6.07) is 2.20. The lowest BCUT2D eigenvalue weighted by Gasteiger charge is -2.11. The Morgan fingerprint density at radius 1 is 1.27 bits per heavy atom. The molecule has 0 saturated heterocycles. The zero-order valence-electron chi connectivity index (χ0n) is 12.0. The number of esters is 1. The van der Waals surface area contributed by atoms with Gasteiger partial charge >= 0.3 is 11.9 Å². The number of carboxylic acid groups (broad SMARTS) is 1. The monoisotopic (exact) mass is 313 g/mol. The average molecular weight is 313 g/mol. The van der Waals surface area contributed by atoms with Gasteiger partial charge < -0.3 is 19.3 Å². The van der Waals surface area contributed by atoms with E-state index in [9.17, 15) is 19.7 Å². The van der Waals surface area contributed by atoms with Crippen LogP contribution in [0.4, 0.5) is 5.69 Å². The molecule has 1 aromatic rings. The van der Waals surface area contributed by atoms with Gasteiger partial charge in [0.05, 0.1) is 31.8 Å². The third-order valence-corrected chi connectivity index (χ3v) is 2.68. The zero-order valence-corrected chi connectivity index (χ0v) is 12.0. The number of ether oxygens (including phenoxy) is 3. The van der Waals surface area contributed by atoms with Crippen LogP contribution in [0.15, 0.2) is 12.1 Å². The highest BCUT2D eigenvalue weighted by Gasteiger charge is 2.25. The molecule has 9 heteroatoms. The van der Waals surface area contributed by atoms with Crippen LogP contribution in [0.3, 0.4) is 0 Å². The van der Waals surface area contributed by atoms with Crippen LogP contribution in [0.25, 0.3) is 0 Å². The lowest BCUT2D eigenvalue weighted by atomic mass is 10.1. The molecule has 0 fully saturated rings. The highest BCUT2D eigenvalue weighted by Crippen LogP contribution is 2.35. The van der Waals surface area contributed by atoms with Crippen molar-refractivity contribution in [3.63, 3.8) is 0 Å². The summed E-state index contributed by atoms with van der Waals surface area (Å²) < 4.78 is 14.8. The van der Waals surface area contributed by atoms with Gasteiger partial charge in [0, 0.05) is 12.5 Å². The molecule has 22 heavy (non-hydrogen) atoms. The largest absolute Gasteiger partial charge is 0.493 e. The highest BCUT2D eigenvalue weighted by atomic mass is 16.6. The standard InChI is InChI=1S/C13H15NO8/c1-20-10-6-8(13(17)21-2)9(14(18)19)7-11(10)22-5-3-4-12(15)16/h6-7H,3-5H2,1-2H3,(H,15,16). The maximum absolute atomic E-state index is 11.6. The van der Waals surface area contributed by atoms with E-state index in [0.717, 1.165) is 19.2 Å². The fourth-order valence-corrected chi connectivity index (χ4v) is 1.65. The second kappa shape index (κ2) is 7.81. The average Bonchev–Trinajstić information content (AvgIpc) is 2.49. The van der Waals surface area contributed by atoms with Gasteiger partial charge in [-0.25, -0.2) is 4.79 Å². The number of carbonyl (C=O) groups excluding carboxylic acids is 1. The molecule has 1 rings (SSSR count). The second-order valence-electron chi connectivity index (χ2n) is 4.11. The van der Waals surface area contributed by atoms with Crippen LogP contribution in [0.2, 0.25) is 0 Å². The summed E-state index contributed by atoms with van der Waals surface area (Å²) in [4.78, 5) is 32.3. The van der Waals surface area contributed by atoms with E-state index in [2.05, 4.69) is 4.74 Å². The molecular formula is C13H15NO8. The normalized spacial score (nSPS) is 9.91. The lowest BCUT2D eigenvalue weighted by Crippen LogP contribution is -2.08. The predicted molar refractivity (Wildman–Crippen MR) is 73.4 cm³/mol. The van der Waals surface area contributed by atoms with Crippen molar-refractivity contribution >= 4 is 17.6 Å². The molecule has 1 N–H and O–H groups in total. The number of benzene rings is 1. The van der Waals surface area contributed by atoms with Gasteiger partial charge in [-0.3, -0.25) is 14.9 Å². The summed E-state index contributed by atoms with van der Waals surface area (Å²) in [6.07, 6.45) is 0.135. The van der Waals surface area contributed by atoms with Crippen molar-refractivity contribution in [3.05, 3.63) is 27.8 Å². The SMILES string of the molecule is COC(=O)c1cc(OC)c(OCCCC(=O)O)cc1[N+](=O)[O-]. The number of carboxylic acids is 1. The molecule has 9 nitrogen and oxygen atoms in total. The van der Waals surface area contributed by atoms with Crippen molar-refractivity contribution in [2.45, 2.75) is 12.8 Å². The molecule has 0 atom stereocenters. The maximum atomic E-state index is 11.6. The molecule has 0 amide bonds. The van der Waals surface area contributed by atoms with Crippen LogP contribution in [-0.2, 0) is 9.53 Å². The number of hydrogen-bond acceptors (Lipinski definition) is 7. The summed E-state index contributed by atoms with van der Waals surface area (Å²) in [6.45, 7) is 0.0391. The molecule has 0 radical (unpaired) electrons. The van der Waals surface area contributed by atoms with Crippen molar-refractivity contribution in [1.82, 2.24) is 0 Å². The highest BCUT2D eigenvalue weighted by molar-refractivity contribution is 5.94. The number of carbonyl (C=O) groups is 2. The molecule has 0 bridgehead atoms. The van der Waals surface area contributed by atoms with Crippen LogP contribution < -0.4 is 9.47 Å². The van der Waals surface area contributed by atoms with Crippen LogP contribution in [0.5, 0.6) is 11.5 Å². The van der Waals surface area contributed by atoms with E-state index in [1.165, 1.54) is 7.11 Å². The smallest absolute Gasteiger partial charge is 0.345 e. The van der Waals surface area contributed by atoms with Gasteiger partial charge in [0.1, 0.15) is 5.56 Å². The van der Waals surface area contributed by atoms with Gasteiger partial charge in [-0.15, -0.1) is 0 Å². The van der Waals surface area contributed by atoms with Crippen LogP contribution >= 0.6 is 0 Å². The lowest BCUT2D eigenvalue weighted by molar-refractivity contribution is -0.385. The van der Waals surface area contributed by atoms with Crippen molar-refractivity contribution < 1.29 is 33.8 Å². The molecule has 0 spiro atoms. The predicted octanol–water partition coefficient (Wildman–Crippen LogP) is 1.63. The van der Waals surface area contributed by atoms with E-state index in [1.54, 1.807) is 0 Å². The Labute approximate surface area is 125 Å². The molecule has 0 aliphatic rings. The second-order valence-corrected chi connectivity index (χ2v) is 4.11.